The lowest BCUT2D eigenvalue weighted by molar-refractivity contribution is -0.127. The van der Waals surface area contributed by atoms with Gasteiger partial charge in [0.05, 0.1) is 31.5 Å². The van der Waals surface area contributed by atoms with E-state index in [1.54, 1.807) is 54.6 Å². The maximum Gasteiger partial charge on any atom is 0.329 e. The third-order valence-corrected chi connectivity index (χ3v) is 6.44. The van der Waals surface area contributed by atoms with Crippen LogP contribution in [0.2, 0.25) is 0 Å². The van der Waals surface area contributed by atoms with E-state index in [4.69, 9.17) is 14.2 Å². The van der Waals surface area contributed by atoms with Crippen LogP contribution in [0.3, 0.4) is 0 Å². The molecule has 4 rings (SSSR count). The van der Waals surface area contributed by atoms with Crippen LogP contribution in [0.1, 0.15) is 16.7 Å². The van der Waals surface area contributed by atoms with Gasteiger partial charge in [0.1, 0.15) is 24.6 Å². The number of halogens is 1. The molecule has 0 spiro atoms. The predicted octanol–water partition coefficient (Wildman–Crippen LogP) is 4.45. The summed E-state index contributed by atoms with van der Waals surface area (Å²) in [4.78, 5) is 38.8. The molecule has 0 aromatic heterocycles. The lowest BCUT2D eigenvalue weighted by Crippen LogP contribution is -2.38. The van der Waals surface area contributed by atoms with E-state index in [9.17, 15) is 19.6 Å². The minimum atomic E-state index is -0.722. The number of ether oxygens (including phenoxy) is 3. The molecule has 1 heterocycles. The Kier molecular flexibility index (Phi) is 8.48. The average molecular weight is 591 g/mol. The van der Waals surface area contributed by atoms with Gasteiger partial charge in [-0.1, -0.05) is 46.3 Å². The number of nitrogens with zero attached hydrogens (tertiary/aromatic N) is 2. The number of para-hydroxylation sites is 2. The normalized spacial score (nSPS) is 13.6. The third kappa shape index (κ3) is 6.19. The van der Waals surface area contributed by atoms with E-state index in [1.165, 1.54) is 20.3 Å². The molecule has 1 aliphatic rings. The van der Waals surface area contributed by atoms with Crippen molar-refractivity contribution in [3.8, 4) is 23.3 Å². The molecule has 11 heteroatoms. The summed E-state index contributed by atoms with van der Waals surface area (Å²) in [6.07, 6.45) is 1.47. The van der Waals surface area contributed by atoms with Crippen LogP contribution in [-0.2, 0) is 16.2 Å². The summed E-state index contributed by atoms with van der Waals surface area (Å²) < 4.78 is 17.1. The summed E-state index contributed by atoms with van der Waals surface area (Å²) in [7, 11) is 2.94. The number of amides is 4. The van der Waals surface area contributed by atoms with Crippen LogP contribution >= 0.6 is 15.9 Å². The fourth-order valence-corrected chi connectivity index (χ4v) is 4.23. The van der Waals surface area contributed by atoms with Crippen molar-refractivity contribution in [1.82, 2.24) is 10.2 Å². The van der Waals surface area contributed by atoms with Gasteiger partial charge in [0.2, 0.25) is 5.91 Å². The minimum Gasteiger partial charge on any atom is -0.495 e. The van der Waals surface area contributed by atoms with Crippen LogP contribution in [-0.4, -0.2) is 43.5 Å². The van der Waals surface area contributed by atoms with Crippen molar-refractivity contribution in [2.24, 2.45) is 0 Å². The lowest BCUT2D eigenvalue weighted by atomic mass is 10.1. The van der Waals surface area contributed by atoms with Crippen LogP contribution in [0.25, 0.3) is 6.08 Å². The Hall–Kier alpha value is -4.82. The van der Waals surface area contributed by atoms with Gasteiger partial charge >= 0.3 is 6.03 Å². The molecule has 1 saturated heterocycles. The number of benzene rings is 3. The van der Waals surface area contributed by atoms with Crippen molar-refractivity contribution >= 4 is 45.5 Å². The van der Waals surface area contributed by atoms with Crippen LogP contribution in [0.4, 0.5) is 10.5 Å². The zero-order valence-electron chi connectivity index (χ0n) is 21.0. The van der Waals surface area contributed by atoms with Crippen LogP contribution in [0.5, 0.6) is 17.2 Å². The number of nitrogens with one attached hydrogen (secondary N) is 2. The zero-order valence-corrected chi connectivity index (χ0v) is 22.6. The van der Waals surface area contributed by atoms with Crippen LogP contribution < -0.4 is 24.8 Å². The van der Waals surface area contributed by atoms with Gasteiger partial charge in [-0.3, -0.25) is 9.59 Å². The van der Waals surface area contributed by atoms with E-state index < -0.39 is 24.4 Å². The van der Waals surface area contributed by atoms with Gasteiger partial charge in [-0.2, -0.15) is 5.26 Å². The number of anilines is 1. The van der Waals surface area contributed by atoms with Crippen molar-refractivity contribution in [2.75, 3.05) is 26.1 Å². The first-order chi connectivity index (χ1) is 18.8. The molecule has 1 fully saturated rings. The number of hydrogen-bond donors (Lipinski definition) is 2. The molecule has 0 unspecified atom stereocenters. The molecule has 0 saturated carbocycles. The first-order valence-electron chi connectivity index (χ1n) is 11.6. The number of urea groups is 1. The number of hydrogen-bond acceptors (Lipinski definition) is 7. The fraction of sp³-hybridized carbons (Fsp3) is 0.143. The summed E-state index contributed by atoms with van der Waals surface area (Å²) in [6, 6.07) is 18.6. The Bertz CT molecular complexity index is 1510. The van der Waals surface area contributed by atoms with Gasteiger partial charge < -0.3 is 24.8 Å². The van der Waals surface area contributed by atoms with E-state index >= 15 is 0 Å². The highest BCUT2D eigenvalue weighted by molar-refractivity contribution is 9.10. The monoisotopic (exact) mass is 590 g/mol. The number of carbonyl (C=O) groups is 3. The quantitative estimate of drug-likeness (QED) is 0.278. The summed E-state index contributed by atoms with van der Waals surface area (Å²) in [5, 5.41) is 14.4. The first-order valence-corrected chi connectivity index (χ1v) is 12.4. The number of nitriles is 1. The Labute approximate surface area is 232 Å². The third-order valence-electron chi connectivity index (χ3n) is 5.75. The smallest absolute Gasteiger partial charge is 0.329 e. The molecular formula is C28H23BrN4O6. The van der Waals surface area contributed by atoms with Gasteiger partial charge in [0.25, 0.3) is 5.91 Å². The Morgan fingerprint density at radius 2 is 1.77 bits per heavy atom. The van der Waals surface area contributed by atoms with Crippen molar-refractivity contribution in [1.29, 1.82) is 5.26 Å². The molecule has 0 atom stereocenters. The molecule has 39 heavy (non-hydrogen) atoms. The second-order valence-electron chi connectivity index (χ2n) is 8.21. The van der Waals surface area contributed by atoms with Crippen molar-refractivity contribution in [3.63, 3.8) is 0 Å². The molecule has 0 aliphatic carbocycles. The fourth-order valence-electron chi connectivity index (χ4n) is 3.80. The Balaban J connectivity index is 1.49. The standard InChI is InChI=1S/C28H23BrN4O6/c1-37-23-10-6-5-9-21(23)31-26(34)15-33-27(35)22(32-28(33)36)11-19-12-24(38-2)25(13-20(19)29)39-16-18-8-4-3-7-17(18)14-30/h3-13H,15-16H2,1-2H3,(H,31,34)(H,32,36)/b22-11+. The Morgan fingerprint density at radius 1 is 1.05 bits per heavy atom. The molecule has 0 radical (unpaired) electrons. The minimum absolute atomic E-state index is 0.00976. The van der Waals surface area contributed by atoms with Gasteiger partial charge in [0, 0.05) is 10.0 Å². The molecule has 2 N–H and O–H groups in total. The van der Waals surface area contributed by atoms with Crippen LogP contribution in [0, 0.1) is 11.3 Å². The molecule has 198 valence electrons. The summed E-state index contributed by atoms with van der Waals surface area (Å²) >= 11 is 3.47. The van der Waals surface area contributed by atoms with E-state index in [2.05, 4.69) is 32.6 Å². The number of imide groups is 1. The number of carbonyl (C=O) groups excluding carboxylic acids is 3. The van der Waals surface area contributed by atoms with E-state index in [1.807, 2.05) is 6.07 Å². The topological polar surface area (TPSA) is 130 Å². The maximum atomic E-state index is 13.0. The molecule has 3 aromatic rings. The molecular weight excluding hydrogens is 568 g/mol. The molecule has 4 amide bonds. The van der Waals surface area contributed by atoms with Crippen molar-refractivity contribution < 1.29 is 28.6 Å². The summed E-state index contributed by atoms with van der Waals surface area (Å²) in [5.74, 6) is 0.0187. The molecule has 3 aromatic carbocycles. The predicted molar refractivity (Wildman–Crippen MR) is 146 cm³/mol. The zero-order chi connectivity index (χ0) is 27.9. The highest BCUT2D eigenvalue weighted by Crippen LogP contribution is 2.35. The SMILES string of the molecule is COc1ccccc1NC(=O)CN1C(=O)N/C(=C/c2cc(OC)c(OCc3ccccc3C#N)cc2Br)C1=O. The summed E-state index contributed by atoms with van der Waals surface area (Å²) in [5.41, 5.74) is 2.17. The van der Waals surface area contributed by atoms with Gasteiger partial charge in [0.15, 0.2) is 11.5 Å². The van der Waals surface area contributed by atoms with Gasteiger partial charge in [-0.05, 0) is 42.0 Å². The number of methoxy groups -OCH3 is 2. The van der Waals surface area contributed by atoms with E-state index in [0.717, 1.165) is 10.5 Å². The van der Waals surface area contributed by atoms with Crippen molar-refractivity contribution in [2.45, 2.75) is 6.61 Å². The van der Waals surface area contributed by atoms with E-state index in [-0.39, 0.29) is 12.3 Å². The number of rotatable bonds is 9. The highest BCUT2D eigenvalue weighted by Gasteiger charge is 2.35. The van der Waals surface area contributed by atoms with Crippen LogP contribution in [0.15, 0.2) is 70.8 Å². The van der Waals surface area contributed by atoms with Gasteiger partial charge in [-0.25, -0.2) is 9.69 Å². The first kappa shape index (κ1) is 27.2. The molecule has 1 aliphatic heterocycles. The Morgan fingerprint density at radius 3 is 2.51 bits per heavy atom. The van der Waals surface area contributed by atoms with E-state index in [0.29, 0.717) is 38.5 Å². The van der Waals surface area contributed by atoms with Crippen molar-refractivity contribution in [3.05, 3.63) is 87.5 Å². The highest BCUT2D eigenvalue weighted by atomic mass is 79.9. The van der Waals surface area contributed by atoms with Gasteiger partial charge in [-0.15, -0.1) is 0 Å². The lowest BCUT2D eigenvalue weighted by Gasteiger charge is -2.14. The second-order valence-corrected chi connectivity index (χ2v) is 9.06. The maximum absolute atomic E-state index is 13.0. The average Bonchev–Trinajstić information content (AvgIpc) is 3.20. The largest absolute Gasteiger partial charge is 0.495 e. The second kappa shape index (κ2) is 12.1. The molecule has 10 nitrogen and oxygen atoms in total. The summed E-state index contributed by atoms with van der Waals surface area (Å²) in [6.45, 7) is -0.338. The molecule has 0 bridgehead atoms.